The first-order chi connectivity index (χ1) is 12.3. The van der Waals surface area contributed by atoms with Crippen LogP contribution in [0.15, 0.2) is 45.9 Å². The fraction of sp³-hybridized carbons (Fsp3) is 0.375. The monoisotopic (exact) mass is 401 g/mol. The largest absolute Gasteiger partial charge is 0.468 e. The van der Waals surface area contributed by atoms with E-state index < -0.39 is 25.1 Å². The van der Waals surface area contributed by atoms with Crippen molar-refractivity contribution in [1.82, 2.24) is 4.72 Å². The second kappa shape index (κ2) is 7.29. The molecular weight excluding hydrogens is 382 g/mol. The molecule has 0 saturated carbocycles. The van der Waals surface area contributed by atoms with Crippen molar-refractivity contribution < 1.29 is 30.7 Å². The number of furan rings is 1. The summed E-state index contributed by atoms with van der Waals surface area (Å²) in [6, 6.07) is 7.34. The second-order valence-corrected chi connectivity index (χ2v) is 9.79. The van der Waals surface area contributed by atoms with Gasteiger partial charge >= 0.3 is 0 Å². The number of hydrogen-bond donors (Lipinski definition) is 1. The van der Waals surface area contributed by atoms with Gasteiger partial charge in [0.15, 0.2) is 21.3 Å². The fourth-order valence-corrected chi connectivity index (χ4v) is 5.41. The zero-order valence-corrected chi connectivity index (χ0v) is 15.7. The van der Waals surface area contributed by atoms with Crippen LogP contribution in [0.1, 0.15) is 24.4 Å². The van der Waals surface area contributed by atoms with Crippen LogP contribution in [0.4, 0.5) is 0 Å². The van der Waals surface area contributed by atoms with E-state index in [9.17, 15) is 16.8 Å². The molecule has 0 fully saturated rings. The van der Waals surface area contributed by atoms with Crippen molar-refractivity contribution in [2.75, 3.05) is 19.1 Å². The van der Waals surface area contributed by atoms with Crippen LogP contribution in [0.5, 0.6) is 11.5 Å². The van der Waals surface area contributed by atoms with E-state index in [1.54, 1.807) is 13.0 Å². The van der Waals surface area contributed by atoms with Gasteiger partial charge in [-0.05, 0) is 30.7 Å². The Morgan fingerprint density at radius 2 is 1.88 bits per heavy atom. The molecule has 0 amide bonds. The zero-order valence-electron chi connectivity index (χ0n) is 14.0. The van der Waals surface area contributed by atoms with E-state index in [2.05, 4.69) is 4.72 Å². The third kappa shape index (κ3) is 3.87. The van der Waals surface area contributed by atoms with Crippen molar-refractivity contribution in [3.63, 3.8) is 0 Å². The molecular formula is C16H19NO7S2. The highest BCUT2D eigenvalue weighted by Gasteiger charge is 2.33. The summed E-state index contributed by atoms with van der Waals surface area (Å²) in [5.41, 5.74) is 0. The highest BCUT2D eigenvalue weighted by atomic mass is 32.2. The topological polar surface area (TPSA) is 112 Å². The van der Waals surface area contributed by atoms with Crippen molar-refractivity contribution in [2.24, 2.45) is 0 Å². The van der Waals surface area contributed by atoms with Crippen LogP contribution >= 0.6 is 0 Å². The molecule has 0 aliphatic carbocycles. The van der Waals surface area contributed by atoms with Gasteiger partial charge in [0.1, 0.15) is 11.0 Å². The molecule has 1 aliphatic rings. The average Bonchev–Trinajstić information content (AvgIpc) is 3.25. The Balaban J connectivity index is 1.93. The third-order valence-corrected chi connectivity index (χ3v) is 7.48. The molecule has 1 atom stereocenters. The summed E-state index contributed by atoms with van der Waals surface area (Å²) in [7, 11) is -7.51. The summed E-state index contributed by atoms with van der Waals surface area (Å²) in [5.74, 6) is 0.863. The lowest BCUT2D eigenvalue weighted by Crippen LogP contribution is -2.33. The molecule has 0 saturated heterocycles. The Labute approximate surface area is 152 Å². The molecule has 1 N–H and O–H groups in total. The molecule has 0 unspecified atom stereocenters. The maximum absolute atomic E-state index is 13.1. The Morgan fingerprint density at radius 3 is 2.58 bits per heavy atom. The number of sulfone groups is 1. The van der Waals surface area contributed by atoms with E-state index in [-0.39, 0.29) is 29.7 Å². The Kier molecular flexibility index (Phi) is 5.26. The maximum atomic E-state index is 13.1. The zero-order chi connectivity index (χ0) is 18.8. The van der Waals surface area contributed by atoms with Crippen LogP contribution in [0, 0.1) is 0 Å². The smallest absolute Gasteiger partial charge is 0.231 e. The predicted octanol–water partition coefficient (Wildman–Crippen LogP) is 1.85. The summed E-state index contributed by atoms with van der Waals surface area (Å²) in [6.07, 6.45) is 1.77. The van der Waals surface area contributed by atoms with E-state index in [1.165, 1.54) is 30.5 Å². The minimum Gasteiger partial charge on any atom is -0.468 e. The Morgan fingerprint density at radius 1 is 1.12 bits per heavy atom. The lowest BCUT2D eigenvalue weighted by atomic mass is 10.3. The minimum absolute atomic E-state index is 0.00200. The number of fused-ring (bicyclic) bond motifs is 1. The quantitative estimate of drug-likeness (QED) is 0.718. The molecule has 2 heterocycles. The number of sulfonamides is 1. The molecule has 10 heteroatoms. The SMILES string of the molecule is CCCS(=O)(=O)NC[C@@H](c1ccco1)S(=O)(=O)c1ccc2c(c1)OCO2. The van der Waals surface area contributed by atoms with Crippen molar-refractivity contribution in [3.05, 3.63) is 42.4 Å². The summed E-state index contributed by atoms with van der Waals surface area (Å²) in [4.78, 5) is -0.00200. The molecule has 1 aromatic heterocycles. The van der Waals surface area contributed by atoms with Crippen LogP contribution in [0.3, 0.4) is 0 Å². The molecule has 0 radical (unpaired) electrons. The summed E-state index contributed by atoms with van der Waals surface area (Å²) in [6.45, 7) is 1.43. The average molecular weight is 401 g/mol. The molecule has 1 aliphatic heterocycles. The van der Waals surface area contributed by atoms with E-state index in [1.807, 2.05) is 0 Å². The summed E-state index contributed by atoms with van der Waals surface area (Å²) < 4.78 is 68.2. The number of rotatable bonds is 8. The highest BCUT2D eigenvalue weighted by Crippen LogP contribution is 2.37. The van der Waals surface area contributed by atoms with E-state index >= 15 is 0 Å². The Bertz CT molecular complexity index is 966. The molecule has 2 aromatic rings. The van der Waals surface area contributed by atoms with Gasteiger partial charge in [-0.15, -0.1) is 0 Å². The van der Waals surface area contributed by atoms with E-state index in [4.69, 9.17) is 13.9 Å². The first-order valence-corrected chi connectivity index (χ1v) is 11.2. The van der Waals surface area contributed by atoms with Crippen LogP contribution in [0.25, 0.3) is 0 Å². The second-order valence-electron chi connectivity index (χ2n) is 5.73. The van der Waals surface area contributed by atoms with Crippen LogP contribution in [0.2, 0.25) is 0 Å². The van der Waals surface area contributed by atoms with E-state index in [0.717, 1.165) is 0 Å². The van der Waals surface area contributed by atoms with Gasteiger partial charge in [-0.25, -0.2) is 21.6 Å². The van der Waals surface area contributed by atoms with Gasteiger partial charge < -0.3 is 13.9 Å². The molecule has 0 spiro atoms. The third-order valence-electron chi connectivity index (χ3n) is 3.87. The first-order valence-electron chi connectivity index (χ1n) is 7.98. The Hall–Kier alpha value is -2.04. The maximum Gasteiger partial charge on any atom is 0.231 e. The molecule has 3 rings (SSSR count). The van der Waals surface area contributed by atoms with Gasteiger partial charge in [0.25, 0.3) is 0 Å². The van der Waals surface area contributed by atoms with Crippen LogP contribution in [-0.2, 0) is 19.9 Å². The summed E-state index contributed by atoms with van der Waals surface area (Å²) >= 11 is 0. The lowest BCUT2D eigenvalue weighted by Gasteiger charge is -2.17. The van der Waals surface area contributed by atoms with Crippen LogP contribution in [-0.4, -0.2) is 35.9 Å². The summed E-state index contributed by atoms with van der Waals surface area (Å²) in [5, 5.41) is -1.20. The fourth-order valence-electron chi connectivity index (χ4n) is 2.60. The van der Waals surface area contributed by atoms with Gasteiger partial charge in [-0.3, -0.25) is 0 Å². The minimum atomic E-state index is -3.94. The van der Waals surface area contributed by atoms with Gasteiger partial charge in [0.05, 0.1) is 16.9 Å². The van der Waals surface area contributed by atoms with Crippen LogP contribution < -0.4 is 14.2 Å². The molecule has 26 heavy (non-hydrogen) atoms. The standard InChI is InChI=1S/C16H19NO7S2/c1-2-8-25(18,19)17-10-16(14-4-3-7-22-14)26(20,21)12-5-6-13-15(9-12)24-11-23-13/h3-7,9,16-17H,2,8,10-11H2,1H3/t16-/m0/s1. The van der Waals surface area contributed by atoms with Crippen molar-refractivity contribution in [1.29, 1.82) is 0 Å². The normalized spacial score (nSPS) is 15.1. The predicted molar refractivity (Wildman–Crippen MR) is 93.3 cm³/mol. The first kappa shape index (κ1) is 18.7. The van der Waals surface area contributed by atoms with E-state index in [0.29, 0.717) is 17.9 Å². The molecule has 1 aromatic carbocycles. The number of benzene rings is 1. The van der Waals surface area contributed by atoms with Crippen molar-refractivity contribution in [2.45, 2.75) is 23.5 Å². The van der Waals surface area contributed by atoms with Crippen molar-refractivity contribution >= 4 is 19.9 Å². The molecule has 8 nitrogen and oxygen atoms in total. The van der Waals surface area contributed by atoms with Gasteiger partial charge in [0, 0.05) is 12.6 Å². The van der Waals surface area contributed by atoms with Gasteiger partial charge in [0.2, 0.25) is 16.8 Å². The highest BCUT2D eigenvalue weighted by molar-refractivity contribution is 7.92. The molecule has 0 bridgehead atoms. The lowest BCUT2D eigenvalue weighted by molar-refractivity contribution is 0.174. The van der Waals surface area contributed by atoms with Crippen molar-refractivity contribution in [3.8, 4) is 11.5 Å². The number of ether oxygens (including phenoxy) is 2. The van der Waals surface area contributed by atoms with Gasteiger partial charge in [-0.2, -0.15) is 0 Å². The number of hydrogen-bond acceptors (Lipinski definition) is 7. The van der Waals surface area contributed by atoms with Gasteiger partial charge in [-0.1, -0.05) is 6.92 Å². The number of nitrogens with one attached hydrogen (secondary N) is 1. The molecule has 142 valence electrons.